The predicted octanol–water partition coefficient (Wildman–Crippen LogP) is 5.03. The minimum Gasteiger partial charge on any atom is -0.481 e. The van der Waals surface area contributed by atoms with E-state index in [-0.39, 0.29) is 29.5 Å². The summed E-state index contributed by atoms with van der Waals surface area (Å²) < 4.78 is 0. The molecule has 0 aromatic rings. The lowest BCUT2D eigenvalue weighted by molar-refractivity contribution is -0.147. The van der Waals surface area contributed by atoms with E-state index in [1.807, 2.05) is 0 Å². The Morgan fingerprint density at radius 2 is 1.77 bits per heavy atom. The molecule has 0 bridgehead atoms. The van der Waals surface area contributed by atoms with Crippen LogP contribution in [0.5, 0.6) is 0 Å². The standard InChI is InChI=1S/C26H42O4/c1-5-17-21-14-16(27)10-12-26(21,4)20-11-13-25(3)18(15(2)6-9-22(28)29)7-8-19(25)23(20)24(17)30/h5,15-16,18-21,23-24,27,30H,6-14H2,1-4H3,(H,28,29)/b17-5+/t15-,16-,18?,19?,20?,21?,23?,24?,25-,26-/m1/s1. The van der Waals surface area contributed by atoms with Crippen molar-refractivity contribution in [3.05, 3.63) is 11.6 Å². The van der Waals surface area contributed by atoms with Gasteiger partial charge in [-0.15, -0.1) is 0 Å². The summed E-state index contributed by atoms with van der Waals surface area (Å²) in [6.45, 7) is 9.21. The fourth-order valence-electron chi connectivity index (χ4n) is 9.00. The van der Waals surface area contributed by atoms with E-state index in [9.17, 15) is 15.0 Å². The highest BCUT2D eigenvalue weighted by Gasteiger charge is 2.63. The molecular weight excluding hydrogens is 376 g/mol. The van der Waals surface area contributed by atoms with Gasteiger partial charge in [0.15, 0.2) is 0 Å². The van der Waals surface area contributed by atoms with Crippen molar-refractivity contribution >= 4 is 5.97 Å². The van der Waals surface area contributed by atoms with E-state index < -0.39 is 5.97 Å². The molecule has 0 amide bonds. The minimum atomic E-state index is -0.691. The van der Waals surface area contributed by atoms with Crippen molar-refractivity contribution in [3.8, 4) is 0 Å². The predicted molar refractivity (Wildman–Crippen MR) is 118 cm³/mol. The van der Waals surface area contributed by atoms with Crippen molar-refractivity contribution in [2.75, 3.05) is 0 Å². The number of carboxylic acids is 1. The highest BCUT2D eigenvalue weighted by molar-refractivity contribution is 5.66. The molecule has 0 aromatic heterocycles. The number of aliphatic hydroxyl groups is 2. The van der Waals surface area contributed by atoms with E-state index in [4.69, 9.17) is 5.11 Å². The highest BCUT2D eigenvalue weighted by atomic mass is 16.4. The number of allylic oxidation sites excluding steroid dienone is 1. The van der Waals surface area contributed by atoms with Crippen LogP contribution in [-0.2, 0) is 4.79 Å². The normalized spacial score (nSPS) is 50.5. The van der Waals surface area contributed by atoms with Crippen LogP contribution in [0.3, 0.4) is 0 Å². The number of rotatable bonds is 4. The first-order valence-electron chi connectivity index (χ1n) is 12.4. The molecule has 170 valence electrons. The van der Waals surface area contributed by atoms with Crippen molar-refractivity contribution in [3.63, 3.8) is 0 Å². The molecule has 4 nitrogen and oxygen atoms in total. The van der Waals surface area contributed by atoms with Crippen LogP contribution in [0, 0.1) is 46.3 Å². The summed E-state index contributed by atoms with van der Waals surface area (Å²) >= 11 is 0. The zero-order chi connectivity index (χ0) is 21.8. The summed E-state index contributed by atoms with van der Waals surface area (Å²) in [5, 5.41) is 31.2. The second-order valence-corrected chi connectivity index (χ2v) is 11.6. The van der Waals surface area contributed by atoms with Gasteiger partial charge < -0.3 is 15.3 Å². The molecule has 10 atom stereocenters. The third kappa shape index (κ3) is 3.28. The fraction of sp³-hybridized carbons (Fsp3) is 0.885. The van der Waals surface area contributed by atoms with Gasteiger partial charge in [0.1, 0.15) is 0 Å². The van der Waals surface area contributed by atoms with Crippen LogP contribution in [0.2, 0.25) is 0 Å². The third-order valence-electron chi connectivity index (χ3n) is 10.5. The van der Waals surface area contributed by atoms with Gasteiger partial charge >= 0.3 is 5.97 Å². The quantitative estimate of drug-likeness (QED) is 0.559. The molecule has 0 aromatic carbocycles. The van der Waals surface area contributed by atoms with Crippen molar-refractivity contribution in [2.45, 2.75) is 97.7 Å². The molecule has 6 unspecified atom stereocenters. The lowest BCUT2D eigenvalue weighted by atomic mass is 9.42. The summed E-state index contributed by atoms with van der Waals surface area (Å²) in [6, 6.07) is 0. The van der Waals surface area contributed by atoms with E-state index in [1.165, 1.54) is 18.4 Å². The first-order chi connectivity index (χ1) is 14.1. The number of carbonyl (C=O) groups is 1. The van der Waals surface area contributed by atoms with Crippen LogP contribution in [0.4, 0.5) is 0 Å². The number of hydrogen-bond donors (Lipinski definition) is 3. The molecule has 4 heteroatoms. The van der Waals surface area contributed by atoms with Crippen molar-refractivity contribution in [1.82, 2.24) is 0 Å². The monoisotopic (exact) mass is 418 g/mol. The highest BCUT2D eigenvalue weighted by Crippen LogP contribution is 2.69. The Balaban J connectivity index is 1.63. The Kier molecular flexibility index (Phi) is 5.89. The number of hydrogen-bond acceptors (Lipinski definition) is 3. The molecule has 3 N–H and O–H groups in total. The van der Waals surface area contributed by atoms with Gasteiger partial charge in [0.05, 0.1) is 12.2 Å². The van der Waals surface area contributed by atoms with Crippen LogP contribution in [0.1, 0.15) is 85.5 Å². The van der Waals surface area contributed by atoms with Crippen molar-refractivity contribution < 1.29 is 20.1 Å². The molecule has 4 aliphatic carbocycles. The van der Waals surface area contributed by atoms with Gasteiger partial charge in [-0.2, -0.15) is 0 Å². The third-order valence-corrected chi connectivity index (χ3v) is 10.5. The maximum atomic E-state index is 11.6. The molecule has 0 aliphatic heterocycles. The van der Waals surface area contributed by atoms with E-state index in [2.05, 4.69) is 33.8 Å². The maximum absolute atomic E-state index is 11.6. The number of aliphatic hydroxyl groups excluding tert-OH is 2. The summed E-state index contributed by atoms with van der Waals surface area (Å²) in [5.41, 5.74) is 1.57. The first-order valence-corrected chi connectivity index (χ1v) is 12.4. The molecule has 4 fully saturated rings. The number of aliphatic carboxylic acids is 1. The van der Waals surface area contributed by atoms with E-state index in [1.54, 1.807) is 0 Å². The fourth-order valence-corrected chi connectivity index (χ4v) is 9.00. The van der Waals surface area contributed by atoms with Crippen LogP contribution in [0.25, 0.3) is 0 Å². The van der Waals surface area contributed by atoms with Gasteiger partial charge in [-0.1, -0.05) is 26.8 Å². The summed E-state index contributed by atoms with van der Waals surface area (Å²) in [5.74, 6) is 1.94. The first kappa shape index (κ1) is 22.3. The molecular formula is C26H42O4. The second-order valence-electron chi connectivity index (χ2n) is 11.6. The Bertz CT molecular complexity index is 701. The molecule has 0 heterocycles. The summed E-state index contributed by atoms with van der Waals surface area (Å²) in [7, 11) is 0. The second kappa shape index (κ2) is 7.92. The molecule has 4 rings (SSSR count). The van der Waals surface area contributed by atoms with Crippen LogP contribution in [0.15, 0.2) is 11.6 Å². The van der Waals surface area contributed by atoms with Crippen LogP contribution < -0.4 is 0 Å². The smallest absolute Gasteiger partial charge is 0.303 e. The number of carboxylic acid groups (broad SMARTS) is 1. The average Bonchev–Trinajstić information content (AvgIpc) is 3.05. The minimum absolute atomic E-state index is 0.180. The summed E-state index contributed by atoms with van der Waals surface area (Å²) in [6.07, 6.45) is 9.99. The van der Waals surface area contributed by atoms with Crippen LogP contribution in [-0.4, -0.2) is 33.5 Å². The Labute approximate surface area is 182 Å². The number of fused-ring (bicyclic) bond motifs is 5. The topological polar surface area (TPSA) is 77.8 Å². The van der Waals surface area contributed by atoms with E-state index in [0.717, 1.165) is 38.5 Å². The Morgan fingerprint density at radius 1 is 1.10 bits per heavy atom. The Morgan fingerprint density at radius 3 is 2.43 bits per heavy atom. The largest absolute Gasteiger partial charge is 0.481 e. The Hall–Kier alpha value is -0.870. The molecule has 0 spiro atoms. The average molecular weight is 419 g/mol. The van der Waals surface area contributed by atoms with Crippen molar-refractivity contribution in [1.29, 1.82) is 0 Å². The van der Waals surface area contributed by atoms with E-state index >= 15 is 0 Å². The van der Waals surface area contributed by atoms with Gasteiger partial charge in [0.2, 0.25) is 0 Å². The molecule has 0 saturated heterocycles. The van der Waals surface area contributed by atoms with Crippen LogP contribution >= 0.6 is 0 Å². The molecule has 30 heavy (non-hydrogen) atoms. The SMILES string of the molecule is C/C=C1/C(O)C2C(CC[C@@]3(C)C2CCC3[C@H](C)CCC(=O)O)[C@@]2(C)CC[C@@H](O)CC12. The lowest BCUT2D eigenvalue weighted by Gasteiger charge is -2.63. The van der Waals surface area contributed by atoms with Gasteiger partial charge in [0.25, 0.3) is 0 Å². The van der Waals surface area contributed by atoms with Gasteiger partial charge in [-0.25, -0.2) is 0 Å². The zero-order valence-electron chi connectivity index (χ0n) is 19.3. The zero-order valence-corrected chi connectivity index (χ0v) is 19.3. The van der Waals surface area contributed by atoms with Gasteiger partial charge in [-0.3, -0.25) is 4.79 Å². The molecule has 4 aliphatic rings. The molecule has 0 radical (unpaired) electrons. The van der Waals surface area contributed by atoms with Crippen molar-refractivity contribution in [2.24, 2.45) is 46.3 Å². The lowest BCUT2D eigenvalue weighted by Crippen LogP contribution is -2.59. The van der Waals surface area contributed by atoms with E-state index in [0.29, 0.717) is 35.5 Å². The summed E-state index contributed by atoms with van der Waals surface area (Å²) in [4.78, 5) is 11.1. The maximum Gasteiger partial charge on any atom is 0.303 e. The van der Waals surface area contributed by atoms with Gasteiger partial charge in [-0.05, 0) is 110 Å². The van der Waals surface area contributed by atoms with Gasteiger partial charge in [0, 0.05) is 6.42 Å². The molecule has 4 saturated carbocycles.